The summed E-state index contributed by atoms with van der Waals surface area (Å²) >= 11 is 0. The minimum absolute atomic E-state index is 0.00601. The van der Waals surface area contributed by atoms with Crippen LogP contribution >= 0.6 is 0 Å². The lowest BCUT2D eigenvalue weighted by molar-refractivity contribution is 0.0504. The Hall–Kier alpha value is -3.98. The number of carbonyl (C=O) groups is 2. The van der Waals surface area contributed by atoms with Gasteiger partial charge in [-0.25, -0.2) is 9.18 Å². The van der Waals surface area contributed by atoms with E-state index in [2.05, 4.69) is 24.3 Å². The summed E-state index contributed by atoms with van der Waals surface area (Å²) in [7, 11) is 0. The third-order valence-corrected chi connectivity index (χ3v) is 8.04. The standard InChI is InChI=1S/C30H25FN2O3/c31-28-18(16-32)6-5-11-26(28)29(34)19-14-20-12-13-21(15-19)33(20)30(35)36-17-27-24-9-3-1-7-22(24)23-8-2-4-10-25(23)27/h1-11,19-21,27H,12-15,17H2. The van der Waals surface area contributed by atoms with Crippen LogP contribution in [0.4, 0.5) is 9.18 Å². The molecule has 0 spiro atoms. The quantitative estimate of drug-likeness (QED) is 0.425. The first-order chi connectivity index (χ1) is 17.6. The molecule has 2 aliphatic heterocycles. The molecule has 2 unspecified atom stereocenters. The number of rotatable bonds is 4. The Morgan fingerprint density at radius 1 is 0.917 bits per heavy atom. The number of hydrogen-bond acceptors (Lipinski definition) is 4. The van der Waals surface area contributed by atoms with Crippen LogP contribution < -0.4 is 0 Å². The van der Waals surface area contributed by atoms with Crippen molar-refractivity contribution in [1.29, 1.82) is 5.26 Å². The van der Waals surface area contributed by atoms with Crippen molar-refractivity contribution < 1.29 is 18.7 Å². The number of amides is 1. The lowest BCUT2D eigenvalue weighted by Gasteiger charge is -2.37. The van der Waals surface area contributed by atoms with Gasteiger partial charge in [0.15, 0.2) is 11.6 Å². The Morgan fingerprint density at radius 3 is 2.14 bits per heavy atom. The summed E-state index contributed by atoms with van der Waals surface area (Å²) in [4.78, 5) is 28.2. The number of benzene rings is 3. The number of halogens is 1. The highest BCUT2D eigenvalue weighted by molar-refractivity contribution is 5.98. The average Bonchev–Trinajstić information content (AvgIpc) is 3.37. The van der Waals surface area contributed by atoms with Gasteiger partial charge in [0, 0.05) is 23.9 Å². The Balaban J connectivity index is 1.15. The van der Waals surface area contributed by atoms with Crippen molar-refractivity contribution in [1.82, 2.24) is 4.90 Å². The summed E-state index contributed by atoms with van der Waals surface area (Å²) in [6.07, 6.45) is 2.23. The molecule has 3 aliphatic rings. The topological polar surface area (TPSA) is 70.4 Å². The first-order valence-corrected chi connectivity index (χ1v) is 12.4. The fraction of sp³-hybridized carbons (Fsp3) is 0.300. The maximum Gasteiger partial charge on any atom is 0.410 e. The van der Waals surface area contributed by atoms with E-state index in [9.17, 15) is 14.0 Å². The fourth-order valence-electron chi connectivity index (χ4n) is 6.39. The lowest BCUT2D eigenvalue weighted by atomic mass is 9.84. The molecule has 2 atom stereocenters. The van der Waals surface area contributed by atoms with Crippen molar-refractivity contribution in [3.63, 3.8) is 0 Å². The van der Waals surface area contributed by atoms with Gasteiger partial charge in [0.25, 0.3) is 0 Å². The highest BCUT2D eigenvalue weighted by Crippen LogP contribution is 2.45. The monoisotopic (exact) mass is 480 g/mol. The van der Waals surface area contributed by atoms with Gasteiger partial charge in [0.2, 0.25) is 0 Å². The summed E-state index contributed by atoms with van der Waals surface area (Å²) < 4.78 is 20.5. The molecule has 1 aliphatic carbocycles. The number of nitriles is 1. The molecule has 180 valence electrons. The number of Topliss-reactive ketones (excluding diaryl/α,β-unsaturated/α-hetero) is 1. The summed E-state index contributed by atoms with van der Waals surface area (Å²) in [6.45, 7) is 0.261. The summed E-state index contributed by atoms with van der Waals surface area (Å²) in [6, 6.07) is 22.4. The molecule has 2 bridgehead atoms. The van der Waals surface area contributed by atoms with Crippen LogP contribution in [0, 0.1) is 23.1 Å². The van der Waals surface area contributed by atoms with Crippen LogP contribution in [0.2, 0.25) is 0 Å². The Morgan fingerprint density at radius 2 is 1.53 bits per heavy atom. The molecule has 0 saturated carbocycles. The zero-order valence-electron chi connectivity index (χ0n) is 19.7. The van der Waals surface area contributed by atoms with E-state index in [1.807, 2.05) is 24.3 Å². The number of piperidine rings is 1. The Labute approximate surface area is 209 Å². The van der Waals surface area contributed by atoms with Crippen molar-refractivity contribution in [3.05, 3.63) is 94.8 Å². The van der Waals surface area contributed by atoms with Gasteiger partial charge in [0.05, 0.1) is 11.1 Å². The zero-order chi connectivity index (χ0) is 24.8. The van der Waals surface area contributed by atoms with E-state index < -0.39 is 5.82 Å². The number of ether oxygens (including phenoxy) is 1. The van der Waals surface area contributed by atoms with E-state index in [1.54, 1.807) is 11.0 Å². The minimum atomic E-state index is -0.753. The second kappa shape index (κ2) is 8.91. The minimum Gasteiger partial charge on any atom is -0.448 e. The zero-order valence-corrected chi connectivity index (χ0v) is 19.7. The number of ketones is 1. The van der Waals surface area contributed by atoms with Crippen LogP contribution in [0.1, 0.15) is 58.6 Å². The molecule has 5 nitrogen and oxygen atoms in total. The van der Waals surface area contributed by atoms with E-state index >= 15 is 0 Å². The van der Waals surface area contributed by atoms with Crippen molar-refractivity contribution in [2.24, 2.45) is 5.92 Å². The maximum atomic E-state index is 14.6. The molecule has 0 aromatic heterocycles. The summed E-state index contributed by atoms with van der Waals surface area (Å²) in [5.41, 5.74) is 4.54. The lowest BCUT2D eigenvalue weighted by Crippen LogP contribution is -2.48. The van der Waals surface area contributed by atoms with Crippen LogP contribution in [0.5, 0.6) is 0 Å². The molecule has 2 saturated heterocycles. The van der Waals surface area contributed by atoms with Crippen LogP contribution in [0.25, 0.3) is 11.1 Å². The SMILES string of the molecule is N#Cc1cccc(C(=O)C2CC3CCC(C2)N3C(=O)OCC2c3ccccc3-c3ccccc32)c1F. The van der Waals surface area contributed by atoms with Gasteiger partial charge < -0.3 is 9.64 Å². The third-order valence-electron chi connectivity index (χ3n) is 8.04. The highest BCUT2D eigenvalue weighted by Gasteiger charge is 2.46. The predicted octanol–water partition coefficient (Wildman–Crippen LogP) is 6.07. The highest BCUT2D eigenvalue weighted by atomic mass is 19.1. The van der Waals surface area contributed by atoms with Gasteiger partial charge in [-0.15, -0.1) is 0 Å². The Bertz CT molecular complexity index is 1350. The molecular weight excluding hydrogens is 455 g/mol. The molecule has 36 heavy (non-hydrogen) atoms. The summed E-state index contributed by atoms with van der Waals surface area (Å²) in [5, 5.41) is 9.10. The van der Waals surface area contributed by atoms with E-state index in [4.69, 9.17) is 10.00 Å². The van der Waals surface area contributed by atoms with E-state index in [-0.39, 0.29) is 53.5 Å². The van der Waals surface area contributed by atoms with Crippen LogP contribution in [-0.2, 0) is 4.74 Å². The van der Waals surface area contributed by atoms with Gasteiger partial charge in [-0.05, 0) is 60.1 Å². The number of carbonyl (C=O) groups excluding carboxylic acids is 2. The molecule has 3 aromatic rings. The normalized spacial score (nSPS) is 22.0. The molecule has 6 heteroatoms. The van der Waals surface area contributed by atoms with Crippen molar-refractivity contribution in [2.45, 2.75) is 43.7 Å². The molecule has 2 fully saturated rings. The average molecular weight is 481 g/mol. The van der Waals surface area contributed by atoms with E-state index in [0.717, 1.165) is 12.8 Å². The third kappa shape index (κ3) is 3.58. The Kier molecular flexibility index (Phi) is 5.56. The summed E-state index contributed by atoms with van der Waals surface area (Å²) in [5.74, 6) is -1.41. The van der Waals surface area contributed by atoms with Crippen LogP contribution in [-0.4, -0.2) is 35.5 Å². The van der Waals surface area contributed by atoms with Crippen LogP contribution in [0.15, 0.2) is 66.7 Å². The first-order valence-electron chi connectivity index (χ1n) is 12.4. The van der Waals surface area contributed by atoms with E-state index in [1.165, 1.54) is 40.5 Å². The molecule has 6 rings (SSSR count). The maximum absolute atomic E-state index is 14.6. The van der Waals surface area contributed by atoms with Crippen molar-refractivity contribution >= 4 is 11.9 Å². The predicted molar refractivity (Wildman–Crippen MR) is 132 cm³/mol. The fourth-order valence-corrected chi connectivity index (χ4v) is 6.39. The molecule has 3 aromatic carbocycles. The largest absolute Gasteiger partial charge is 0.448 e. The number of hydrogen-bond donors (Lipinski definition) is 0. The molecule has 0 radical (unpaired) electrons. The molecule has 1 amide bonds. The molecular formula is C30H25FN2O3. The first kappa shape index (κ1) is 22.5. The van der Waals surface area contributed by atoms with Gasteiger partial charge in [-0.3, -0.25) is 4.79 Å². The number of fused-ring (bicyclic) bond motifs is 5. The number of nitrogens with zero attached hydrogens (tertiary/aromatic N) is 2. The van der Waals surface area contributed by atoms with Gasteiger partial charge in [0.1, 0.15) is 12.7 Å². The van der Waals surface area contributed by atoms with Gasteiger partial charge in [-0.2, -0.15) is 5.26 Å². The second-order valence-electron chi connectivity index (χ2n) is 9.91. The van der Waals surface area contributed by atoms with Crippen molar-refractivity contribution in [3.8, 4) is 17.2 Å². The van der Waals surface area contributed by atoms with Crippen LogP contribution in [0.3, 0.4) is 0 Å². The second-order valence-corrected chi connectivity index (χ2v) is 9.91. The smallest absolute Gasteiger partial charge is 0.410 e. The van der Waals surface area contributed by atoms with Gasteiger partial charge >= 0.3 is 6.09 Å². The molecule has 2 heterocycles. The molecule has 0 N–H and O–H groups in total. The van der Waals surface area contributed by atoms with Gasteiger partial charge in [-0.1, -0.05) is 54.6 Å². The van der Waals surface area contributed by atoms with Crippen molar-refractivity contribution in [2.75, 3.05) is 6.61 Å². The van der Waals surface area contributed by atoms with E-state index in [0.29, 0.717) is 12.8 Å².